The average molecular weight is 236 g/mol. The van der Waals surface area contributed by atoms with E-state index in [0.29, 0.717) is 5.75 Å². The van der Waals surface area contributed by atoms with E-state index < -0.39 is 12.7 Å². The minimum absolute atomic E-state index is 0.228. The first-order chi connectivity index (χ1) is 8.08. The summed E-state index contributed by atoms with van der Waals surface area (Å²) in [6.45, 7) is 0. The van der Waals surface area contributed by atoms with E-state index in [9.17, 15) is 4.79 Å². The molecule has 1 aliphatic carbocycles. The van der Waals surface area contributed by atoms with Gasteiger partial charge in [-0.05, 0) is 30.5 Å². The summed E-state index contributed by atoms with van der Waals surface area (Å²) in [4.78, 5) is 11.6. The van der Waals surface area contributed by atoms with Crippen LogP contribution in [0.1, 0.15) is 18.4 Å². The molecule has 0 saturated heterocycles. The molecule has 1 aromatic rings. The molecule has 0 unspecified atom stereocenters. The second-order valence-corrected chi connectivity index (χ2v) is 4.04. The Morgan fingerprint density at radius 1 is 1.29 bits per heavy atom. The zero-order valence-corrected chi connectivity index (χ0v) is 9.42. The van der Waals surface area contributed by atoms with Crippen LogP contribution in [0.5, 0.6) is 5.75 Å². The first-order valence-electron chi connectivity index (χ1n) is 5.30. The monoisotopic (exact) mass is 236 g/mol. The summed E-state index contributed by atoms with van der Waals surface area (Å²) in [6.07, 6.45) is 1.56. The summed E-state index contributed by atoms with van der Waals surface area (Å²) in [5.74, 6) is 0.109. The third-order valence-corrected chi connectivity index (χ3v) is 2.97. The number of hydrogen-bond acceptors (Lipinski definition) is 5. The Kier molecular flexibility index (Phi) is 3.08. The van der Waals surface area contributed by atoms with Crippen molar-refractivity contribution in [2.75, 3.05) is 7.11 Å². The number of carbonyl (C=O) groups is 1. The van der Waals surface area contributed by atoms with Crippen molar-refractivity contribution in [2.45, 2.75) is 18.3 Å². The van der Waals surface area contributed by atoms with Gasteiger partial charge in [0.2, 0.25) is 0 Å². The lowest BCUT2D eigenvalue weighted by molar-refractivity contribution is -0.143. The van der Waals surface area contributed by atoms with Crippen molar-refractivity contribution < 1.29 is 24.2 Å². The van der Waals surface area contributed by atoms with Crippen molar-refractivity contribution in [1.82, 2.24) is 0 Å². The predicted molar refractivity (Wildman–Crippen MR) is 60.2 cm³/mol. The van der Waals surface area contributed by atoms with Crippen LogP contribution in [0, 0.1) is 0 Å². The van der Waals surface area contributed by atoms with Crippen molar-refractivity contribution >= 4 is 13.3 Å². The average Bonchev–Trinajstić information content (AvgIpc) is 3.09. The molecule has 0 heterocycles. The van der Waals surface area contributed by atoms with E-state index in [1.807, 2.05) is 0 Å². The first-order valence-corrected chi connectivity index (χ1v) is 5.30. The van der Waals surface area contributed by atoms with Crippen molar-refractivity contribution in [3.63, 3.8) is 0 Å². The highest BCUT2D eigenvalue weighted by Crippen LogP contribution is 2.49. The highest BCUT2D eigenvalue weighted by Gasteiger charge is 2.52. The molecule has 0 amide bonds. The summed E-state index contributed by atoms with van der Waals surface area (Å²) in [5.41, 5.74) is 0.356. The van der Waals surface area contributed by atoms with Crippen LogP contribution in [0.15, 0.2) is 24.3 Å². The van der Waals surface area contributed by atoms with Gasteiger partial charge >= 0.3 is 13.3 Å². The Hall–Kier alpha value is -1.53. The van der Waals surface area contributed by atoms with Crippen LogP contribution >= 0.6 is 0 Å². The molecule has 2 N–H and O–H groups in total. The summed E-state index contributed by atoms with van der Waals surface area (Å²) < 4.78 is 9.46. The number of methoxy groups -OCH3 is 1. The van der Waals surface area contributed by atoms with Gasteiger partial charge in [-0.25, -0.2) is 0 Å². The van der Waals surface area contributed by atoms with E-state index in [1.165, 1.54) is 7.11 Å². The van der Waals surface area contributed by atoms with Crippen LogP contribution in [-0.4, -0.2) is 30.4 Å². The fourth-order valence-electron chi connectivity index (χ4n) is 1.91. The van der Waals surface area contributed by atoms with Crippen LogP contribution in [-0.2, 0) is 14.9 Å². The number of esters is 1. The van der Waals surface area contributed by atoms with Crippen molar-refractivity contribution in [3.05, 3.63) is 29.8 Å². The van der Waals surface area contributed by atoms with E-state index in [2.05, 4.69) is 4.65 Å². The van der Waals surface area contributed by atoms with Crippen LogP contribution in [0.2, 0.25) is 0 Å². The van der Waals surface area contributed by atoms with E-state index in [1.54, 1.807) is 24.3 Å². The molecule has 1 aromatic carbocycles. The maximum Gasteiger partial charge on any atom is 0.707 e. The second kappa shape index (κ2) is 4.39. The largest absolute Gasteiger partial charge is 0.707 e. The lowest BCUT2D eigenvalue weighted by Crippen LogP contribution is -2.22. The molecule has 5 nitrogen and oxygen atoms in total. The standard InChI is InChI=1S/C11H13BO5/c1-16-10(13)11(6-7-11)8-2-4-9(5-3-8)17-12(14)15/h2-5,14-15H,6-7H2,1H3. The Morgan fingerprint density at radius 3 is 2.29 bits per heavy atom. The van der Waals surface area contributed by atoms with Crippen molar-refractivity contribution in [1.29, 1.82) is 0 Å². The van der Waals surface area contributed by atoms with E-state index in [-0.39, 0.29) is 5.97 Å². The Bertz CT molecular complexity index is 410. The molecule has 0 aromatic heterocycles. The first kappa shape index (κ1) is 11.9. The lowest BCUT2D eigenvalue weighted by atomic mass is 9.96. The maximum absolute atomic E-state index is 11.6. The molecular weight excluding hydrogens is 223 g/mol. The number of carbonyl (C=O) groups excluding carboxylic acids is 1. The number of hydrogen-bond donors (Lipinski definition) is 2. The SMILES string of the molecule is COC(=O)C1(c2ccc(OB(O)O)cc2)CC1. The fourth-order valence-corrected chi connectivity index (χ4v) is 1.91. The van der Waals surface area contributed by atoms with Gasteiger partial charge in [-0.1, -0.05) is 12.1 Å². The van der Waals surface area contributed by atoms with Crippen LogP contribution in [0.4, 0.5) is 0 Å². The molecule has 6 heteroatoms. The highest BCUT2D eigenvalue weighted by molar-refractivity contribution is 6.33. The molecule has 1 fully saturated rings. The van der Waals surface area contributed by atoms with Gasteiger partial charge in [0.15, 0.2) is 0 Å². The summed E-state index contributed by atoms with van der Waals surface area (Å²) in [7, 11) is -0.460. The fraction of sp³-hybridized carbons (Fsp3) is 0.364. The quantitative estimate of drug-likeness (QED) is 0.578. The Labute approximate surface area is 99.2 Å². The van der Waals surface area contributed by atoms with E-state index in [4.69, 9.17) is 14.8 Å². The highest BCUT2D eigenvalue weighted by atomic mass is 16.6. The summed E-state index contributed by atoms with van der Waals surface area (Å²) >= 11 is 0. The summed E-state index contributed by atoms with van der Waals surface area (Å²) in [6, 6.07) is 6.67. The van der Waals surface area contributed by atoms with Gasteiger partial charge in [-0.15, -0.1) is 0 Å². The molecule has 17 heavy (non-hydrogen) atoms. The number of rotatable bonds is 4. The minimum atomic E-state index is -1.84. The van der Waals surface area contributed by atoms with Gasteiger partial charge in [-0.2, -0.15) is 0 Å². The zero-order chi connectivity index (χ0) is 12.5. The minimum Gasteiger partial charge on any atom is -0.512 e. The topological polar surface area (TPSA) is 76.0 Å². The molecule has 2 rings (SSSR count). The molecule has 1 saturated carbocycles. The van der Waals surface area contributed by atoms with Gasteiger partial charge in [0, 0.05) is 0 Å². The van der Waals surface area contributed by atoms with E-state index in [0.717, 1.165) is 18.4 Å². The molecular formula is C11H13BO5. The van der Waals surface area contributed by atoms with Crippen LogP contribution in [0.3, 0.4) is 0 Å². The van der Waals surface area contributed by atoms with Gasteiger partial charge in [0.05, 0.1) is 12.5 Å². The smallest absolute Gasteiger partial charge is 0.512 e. The Balaban J connectivity index is 2.16. The molecule has 0 aliphatic heterocycles. The van der Waals surface area contributed by atoms with Crippen molar-refractivity contribution in [3.8, 4) is 5.75 Å². The molecule has 0 radical (unpaired) electrons. The zero-order valence-electron chi connectivity index (χ0n) is 9.42. The van der Waals surface area contributed by atoms with Crippen LogP contribution in [0.25, 0.3) is 0 Å². The van der Waals surface area contributed by atoms with Gasteiger partial charge < -0.3 is 19.4 Å². The third-order valence-electron chi connectivity index (χ3n) is 2.97. The normalized spacial score (nSPS) is 16.2. The molecule has 0 bridgehead atoms. The predicted octanol–water partition coefficient (Wildman–Crippen LogP) is 0.239. The number of benzene rings is 1. The molecule has 1 aliphatic rings. The van der Waals surface area contributed by atoms with Gasteiger partial charge in [0.1, 0.15) is 5.75 Å². The van der Waals surface area contributed by atoms with Crippen molar-refractivity contribution in [2.24, 2.45) is 0 Å². The Morgan fingerprint density at radius 2 is 1.88 bits per heavy atom. The number of ether oxygens (including phenoxy) is 1. The summed E-state index contributed by atoms with van der Waals surface area (Å²) in [5, 5.41) is 17.3. The second-order valence-electron chi connectivity index (χ2n) is 4.04. The maximum atomic E-state index is 11.6. The van der Waals surface area contributed by atoms with Gasteiger partial charge in [0.25, 0.3) is 0 Å². The third kappa shape index (κ3) is 2.27. The van der Waals surface area contributed by atoms with E-state index >= 15 is 0 Å². The lowest BCUT2D eigenvalue weighted by Gasteiger charge is -2.13. The molecule has 90 valence electrons. The van der Waals surface area contributed by atoms with Gasteiger partial charge in [-0.3, -0.25) is 4.79 Å². The molecule has 0 spiro atoms. The molecule has 0 atom stereocenters. The van der Waals surface area contributed by atoms with Crippen LogP contribution < -0.4 is 4.65 Å².